The number of benzene rings is 1. The van der Waals surface area contributed by atoms with Crippen molar-refractivity contribution in [3.8, 4) is 0 Å². The van der Waals surface area contributed by atoms with Crippen LogP contribution in [0.4, 0.5) is 5.69 Å². The van der Waals surface area contributed by atoms with E-state index in [0.717, 1.165) is 15.0 Å². The second-order valence-corrected chi connectivity index (χ2v) is 7.36. The first-order chi connectivity index (χ1) is 12.4. The van der Waals surface area contributed by atoms with E-state index in [4.69, 9.17) is 5.41 Å². The molecule has 0 aliphatic rings. The zero-order chi connectivity index (χ0) is 18.7. The summed E-state index contributed by atoms with van der Waals surface area (Å²) in [5, 5.41) is 18.6. The van der Waals surface area contributed by atoms with Gasteiger partial charge in [-0.3, -0.25) is 24.8 Å². The average Bonchev–Trinajstić information content (AvgIpc) is 3.10. The number of halogens is 1. The SMILES string of the molecule is Cn1[nH]c2scc(CC(=O)NC(=N)/C=C\Nc3ccc(Br)cc3)c2c1=O. The summed E-state index contributed by atoms with van der Waals surface area (Å²) in [6.45, 7) is 0. The van der Waals surface area contributed by atoms with Crippen molar-refractivity contribution in [3.05, 3.63) is 62.3 Å². The first-order valence-corrected chi connectivity index (χ1v) is 9.33. The first kappa shape index (κ1) is 18.2. The minimum absolute atomic E-state index is 0.0342. The number of carbonyl (C=O) groups is 1. The van der Waals surface area contributed by atoms with Crippen molar-refractivity contribution in [1.82, 2.24) is 15.1 Å². The van der Waals surface area contributed by atoms with E-state index in [2.05, 4.69) is 31.7 Å². The molecule has 4 N–H and O–H groups in total. The van der Waals surface area contributed by atoms with Crippen LogP contribution in [0, 0.1) is 5.41 Å². The van der Waals surface area contributed by atoms with Gasteiger partial charge in [-0.25, -0.2) is 0 Å². The number of nitrogens with one attached hydrogen (secondary N) is 4. The molecule has 0 aliphatic carbocycles. The Labute approximate surface area is 161 Å². The van der Waals surface area contributed by atoms with Gasteiger partial charge in [0.15, 0.2) is 0 Å². The van der Waals surface area contributed by atoms with Crippen LogP contribution in [-0.2, 0) is 18.3 Å². The molecule has 134 valence electrons. The molecule has 0 saturated carbocycles. The minimum Gasteiger partial charge on any atom is -0.362 e. The smallest absolute Gasteiger partial charge is 0.275 e. The number of hydrogen-bond donors (Lipinski definition) is 4. The average molecular weight is 434 g/mol. The lowest BCUT2D eigenvalue weighted by molar-refractivity contribution is -0.119. The Kier molecular flexibility index (Phi) is 5.38. The van der Waals surface area contributed by atoms with Crippen LogP contribution in [-0.4, -0.2) is 21.5 Å². The Morgan fingerprint density at radius 1 is 1.38 bits per heavy atom. The van der Waals surface area contributed by atoms with Crippen LogP contribution in [0.2, 0.25) is 0 Å². The van der Waals surface area contributed by atoms with Crippen LogP contribution in [0.3, 0.4) is 0 Å². The van der Waals surface area contributed by atoms with Crippen molar-refractivity contribution < 1.29 is 4.79 Å². The van der Waals surface area contributed by atoms with E-state index in [1.807, 2.05) is 24.3 Å². The van der Waals surface area contributed by atoms with Gasteiger partial charge in [0, 0.05) is 23.4 Å². The minimum atomic E-state index is -0.341. The molecule has 2 heterocycles. The van der Waals surface area contributed by atoms with Crippen molar-refractivity contribution in [3.63, 3.8) is 0 Å². The van der Waals surface area contributed by atoms with Crippen molar-refractivity contribution in [2.45, 2.75) is 6.42 Å². The van der Waals surface area contributed by atoms with Gasteiger partial charge in [0.1, 0.15) is 10.7 Å². The van der Waals surface area contributed by atoms with E-state index in [9.17, 15) is 9.59 Å². The largest absolute Gasteiger partial charge is 0.362 e. The van der Waals surface area contributed by atoms with E-state index >= 15 is 0 Å². The summed E-state index contributed by atoms with van der Waals surface area (Å²) < 4.78 is 2.37. The zero-order valence-corrected chi connectivity index (χ0v) is 16.2. The number of hydrogen-bond acceptors (Lipinski definition) is 5. The van der Waals surface area contributed by atoms with E-state index < -0.39 is 0 Å². The summed E-state index contributed by atoms with van der Waals surface area (Å²) in [4.78, 5) is 24.9. The maximum atomic E-state index is 12.1. The summed E-state index contributed by atoms with van der Waals surface area (Å²) in [6.07, 6.45) is 3.08. The third-order valence-corrected chi connectivity index (χ3v) is 5.09. The molecule has 0 saturated heterocycles. The van der Waals surface area contributed by atoms with Gasteiger partial charge in [-0.05, 0) is 41.3 Å². The summed E-state index contributed by atoms with van der Waals surface area (Å²) in [5.41, 5.74) is 1.37. The van der Waals surface area contributed by atoms with E-state index in [0.29, 0.717) is 10.9 Å². The van der Waals surface area contributed by atoms with Gasteiger partial charge in [0.2, 0.25) is 5.91 Å². The Bertz CT molecular complexity index is 1050. The second kappa shape index (κ2) is 7.71. The predicted octanol–water partition coefficient (Wildman–Crippen LogP) is 2.95. The van der Waals surface area contributed by atoms with Gasteiger partial charge in [0.25, 0.3) is 5.56 Å². The second-order valence-electron chi connectivity index (χ2n) is 5.56. The van der Waals surface area contributed by atoms with Crippen molar-refractivity contribution in [2.24, 2.45) is 7.05 Å². The quantitative estimate of drug-likeness (QED) is 0.367. The molecule has 3 rings (SSSR count). The molecule has 26 heavy (non-hydrogen) atoms. The zero-order valence-electron chi connectivity index (χ0n) is 13.8. The fourth-order valence-electron chi connectivity index (χ4n) is 2.39. The molecule has 0 fully saturated rings. The fourth-order valence-corrected chi connectivity index (χ4v) is 3.64. The third kappa shape index (κ3) is 4.12. The number of aryl methyl sites for hydroxylation is 1. The van der Waals surface area contributed by atoms with Crippen molar-refractivity contribution >= 4 is 54.9 Å². The van der Waals surface area contributed by atoms with Crippen LogP contribution in [0.15, 0.2) is 51.2 Å². The molecule has 0 bridgehead atoms. The standard InChI is InChI=1S/C17H16BrN5O2S/c1-23-17(25)15-10(9-26-16(15)22-23)8-14(24)21-13(19)6-7-20-12-4-2-11(18)3-5-12/h2-7,9,20,22H,8H2,1H3,(H2,19,21,24)/b7-6-. The molecule has 1 aromatic carbocycles. The van der Waals surface area contributed by atoms with Crippen LogP contribution >= 0.6 is 27.3 Å². The molecule has 3 aromatic rings. The van der Waals surface area contributed by atoms with Gasteiger partial charge in [-0.2, -0.15) is 0 Å². The van der Waals surface area contributed by atoms with Gasteiger partial charge < -0.3 is 10.6 Å². The molecule has 1 amide bonds. The lowest BCUT2D eigenvalue weighted by atomic mass is 10.2. The number of carbonyl (C=O) groups excluding carboxylic acids is 1. The number of amidine groups is 1. The highest BCUT2D eigenvalue weighted by atomic mass is 79.9. The van der Waals surface area contributed by atoms with Gasteiger partial charge in [0.05, 0.1) is 11.8 Å². The van der Waals surface area contributed by atoms with Gasteiger partial charge in [-0.1, -0.05) is 15.9 Å². The number of H-pyrrole nitrogens is 1. The van der Waals surface area contributed by atoms with Crippen LogP contribution < -0.4 is 16.2 Å². The van der Waals surface area contributed by atoms with E-state index in [-0.39, 0.29) is 23.7 Å². The summed E-state index contributed by atoms with van der Waals surface area (Å²) >= 11 is 4.74. The highest BCUT2D eigenvalue weighted by molar-refractivity contribution is 9.10. The van der Waals surface area contributed by atoms with Crippen molar-refractivity contribution in [1.29, 1.82) is 5.41 Å². The highest BCUT2D eigenvalue weighted by Crippen LogP contribution is 2.21. The fraction of sp³-hybridized carbons (Fsp3) is 0.118. The topological polar surface area (TPSA) is 103 Å². The van der Waals surface area contributed by atoms with Crippen LogP contribution in [0.5, 0.6) is 0 Å². The number of amides is 1. The van der Waals surface area contributed by atoms with Crippen molar-refractivity contribution in [2.75, 3.05) is 5.32 Å². The van der Waals surface area contributed by atoms with E-state index in [1.165, 1.54) is 22.1 Å². The number of rotatable bonds is 5. The monoisotopic (exact) mass is 433 g/mol. The molecule has 0 spiro atoms. The Morgan fingerprint density at radius 3 is 2.85 bits per heavy atom. The Morgan fingerprint density at radius 2 is 2.12 bits per heavy atom. The maximum absolute atomic E-state index is 12.1. The molecule has 0 radical (unpaired) electrons. The Balaban J connectivity index is 1.57. The number of nitrogens with zero attached hydrogens (tertiary/aromatic N) is 1. The summed E-state index contributed by atoms with van der Waals surface area (Å²) in [5.74, 6) is -0.376. The number of anilines is 1. The lowest BCUT2D eigenvalue weighted by Crippen LogP contribution is -2.30. The third-order valence-electron chi connectivity index (χ3n) is 3.62. The predicted molar refractivity (Wildman–Crippen MR) is 108 cm³/mol. The summed E-state index contributed by atoms with van der Waals surface area (Å²) in [6, 6.07) is 7.57. The molecule has 0 unspecified atom stereocenters. The molecule has 0 atom stereocenters. The van der Waals surface area contributed by atoms with Crippen LogP contribution in [0.25, 0.3) is 10.2 Å². The van der Waals surface area contributed by atoms with Gasteiger partial charge in [-0.15, -0.1) is 11.3 Å². The molecular formula is C17H16BrN5O2S. The first-order valence-electron chi connectivity index (χ1n) is 7.66. The van der Waals surface area contributed by atoms with Gasteiger partial charge >= 0.3 is 0 Å². The molecule has 7 nitrogen and oxygen atoms in total. The lowest BCUT2D eigenvalue weighted by Gasteiger charge is -2.03. The molecular weight excluding hydrogens is 418 g/mol. The van der Waals surface area contributed by atoms with E-state index in [1.54, 1.807) is 18.6 Å². The summed E-state index contributed by atoms with van der Waals surface area (Å²) in [7, 11) is 1.64. The molecule has 2 aromatic heterocycles. The number of thiophene rings is 1. The molecule has 9 heteroatoms. The Hall–Kier alpha value is -2.65. The van der Waals surface area contributed by atoms with Crippen LogP contribution in [0.1, 0.15) is 5.56 Å². The maximum Gasteiger partial charge on any atom is 0.275 e. The highest BCUT2D eigenvalue weighted by Gasteiger charge is 2.15. The number of aromatic nitrogens is 2. The number of fused-ring (bicyclic) bond motifs is 1. The normalized spacial score (nSPS) is 11.2. The molecule has 0 aliphatic heterocycles. The number of aromatic amines is 1.